The molecule has 1 aliphatic rings. The first kappa shape index (κ1) is 19.2. The Bertz CT molecular complexity index is 604. The number of carbonyl (C=O) groups excluding carboxylic acids is 1. The Labute approximate surface area is 155 Å². The number of hydrogen-bond donors (Lipinski definition) is 2. The van der Waals surface area contributed by atoms with E-state index in [1.807, 2.05) is 38.3 Å². The zero-order valence-corrected chi connectivity index (χ0v) is 16.4. The van der Waals surface area contributed by atoms with Gasteiger partial charge in [0.2, 0.25) is 0 Å². The van der Waals surface area contributed by atoms with Crippen LogP contribution in [-0.4, -0.2) is 49.3 Å². The number of nitrogens with zero attached hydrogens (tertiary/aromatic N) is 3. The smallest absolute Gasteiger partial charge is 0.336 e. The summed E-state index contributed by atoms with van der Waals surface area (Å²) in [6, 6.07) is 3.34. The molecule has 2 N–H and O–H groups in total. The van der Waals surface area contributed by atoms with Crippen molar-refractivity contribution in [2.75, 3.05) is 6.54 Å². The summed E-state index contributed by atoms with van der Waals surface area (Å²) in [5.41, 5.74) is 0. The quantitative estimate of drug-likeness (QED) is 0.256. The lowest BCUT2D eigenvalue weighted by atomic mass is 10.1. The van der Waals surface area contributed by atoms with Crippen LogP contribution in [0, 0.1) is 0 Å². The number of thiocarbonyl (C=S) groups is 1. The first-order valence-corrected chi connectivity index (χ1v) is 9.83. The van der Waals surface area contributed by atoms with Gasteiger partial charge in [0.25, 0.3) is 0 Å². The minimum absolute atomic E-state index is 0.485. The van der Waals surface area contributed by atoms with Crippen molar-refractivity contribution in [3.05, 3.63) is 22.4 Å². The molecule has 1 aromatic rings. The number of thiophene rings is 1. The molecule has 1 aromatic heterocycles. The second-order valence-electron chi connectivity index (χ2n) is 5.88. The number of hydrazone groups is 1. The molecule has 1 saturated heterocycles. The van der Waals surface area contributed by atoms with Gasteiger partial charge in [0.05, 0.1) is 11.0 Å². The number of rotatable bonds is 6. The van der Waals surface area contributed by atoms with Crippen molar-refractivity contribution in [2.24, 2.45) is 5.10 Å². The number of thioether (sulfide) groups is 1. The van der Waals surface area contributed by atoms with E-state index >= 15 is 0 Å². The normalized spacial score (nSPS) is 19.9. The summed E-state index contributed by atoms with van der Waals surface area (Å²) in [5, 5.41) is 21.7. The largest absolute Gasteiger partial charge is 0.343 e. The minimum atomic E-state index is -0.673. The fourth-order valence-corrected chi connectivity index (χ4v) is 4.64. The van der Waals surface area contributed by atoms with Gasteiger partial charge in [0, 0.05) is 11.4 Å². The van der Waals surface area contributed by atoms with Crippen molar-refractivity contribution >= 4 is 51.9 Å². The summed E-state index contributed by atoms with van der Waals surface area (Å²) >= 11 is 8.35. The number of carbonyl (C=O) groups is 1. The van der Waals surface area contributed by atoms with Crippen LogP contribution in [0.5, 0.6) is 0 Å². The first-order valence-electron chi connectivity index (χ1n) is 7.72. The molecule has 1 fully saturated rings. The van der Waals surface area contributed by atoms with Gasteiger partial charge in [-0.15, -0.1) is 11.3 Å². The fourth-order valence-electron chi connectivity index (χ4n) is 2.28. The third-order valence-electron chi connectivity index (χ3n) is 3.49. The Morgan fingerprint density at radius 3 is 3.00 bits per heavy atom. The third kappa shape index (κ3) is 4.47. The van der Waals surface area contributed by atoms with Crippen LogP contribution >= 0.6 is 35.3 Å². The molecule has 2 rings (SSSR count). The topological polar surface area (TPSA) is 68.2 Å². The van der Waals surface area contributed by atoms with Gasteiger partial charge in [-0.25, -0.2) is 9.80 Å². The molecule has 0 aliphatic carbocycles. The van der Waals surface area contributed by atoms with Crippen LogP contribution in [0.1, 0.15) is 38.5 Å². The average molecular weight is 387 g/mol. The highest BCUT2D eigenvalue weighted by molar-refractivity contribution is 8.24. The van der Waals surface area contributed by atoms with Crippen LogP contribution < -0.4 is 5.32 Å². The molecule has 132 valence electrons. The summed E-state index contributed by atoms with van der Waals surface area (Å²) in [6.07, 6.45) is 2.85. The van der Waals surface area contributed by atoms with Crippen LogP contribution in [-0.2, 0) is 0 Å². The molecule has 2 amide bonds. The SMILES string of the molecule is CCCCNC(=O)N(O)[C@H]1N(/N=C\c2cccs2)C(=S)SC1(C)C. The molecule has 24 heavy (non-hydrogen) atoms. The first-order chi connectivity index (χ1) is 11.4. The van der Waals surface area contributed by atoms with E-state index in [4.69, 9.17) is 12.2 Å². The van der Waals surface area contributed by atoms with E-state index < -0.39 is 16.9 Å². The zero-order chi connectivity index (χ0) is 17.7. The number of nitrogens with one attached hydrogen (secondary N) is 1. The second-order valence-corrected chi connectivity index (χ2v) is 9.15. The molecule has 9 heteroatoms. The molecule has 0 unspecified atom stereocenters. The summed E-state index contributed by atoms with van der Waals surface area (Å²) in [4.78, 5) is 13.2. The lowest BCUT2D eigenvalue weighted by molar-refractivity contribution is -0.118. The van der Waals surface area contributed by atoms with E-state index in [1.165, 1.54) is 16.8 Å². The number of hydrogen-bond acceptors (Lipinski definition) is 6. The highest BCUT2D eigenvalue weighted by atomic mass is 32.2. The monoisotopic (exact) mass is 386 g/mol. The average Bonchev–Trinajstić information content (AvgIpc) is 3.10. The highest BCUT2D eigenvalue weighted by Gasteiger charge is 2.49. The van der Waals surface area contributed by atoms with Crippen LogP contribution in [0.3, 0.4) is 0 Å². The maximum absolute atomic E-state index is 12.2. The van der Waals surface area contributed by atoms with Crippen molar-refractivity contribution in [2.45, 2.75) is 44.5 Å². The zero-order valence-electron chi connectivity index (χ0n) is 13.9. The second kappa shape index (κ2) is 8.28. The molecular formula is C15H22N4O2S3. The van der Waals surface area contributed by atoms with E-state index in [-0.39, 0.29) is 0 Å². The summed E-state index contributed by atoms with van der Waals surface area (Å²) in [6.45, 7) is 6.42. The number of hydroxylamine groups is 2. The van der Waals surface area contributed by atoms with E-state index in [9.17, 15) is 10.0 Å². The van der Waals surface area contributed by atoms with Gasteiger partial charge in [-0.2, -0.15) is 10.2 Å². The Morgan fingerprint density at radius 2 is 2.38 bits per heavy atom. The van der Waals surface area contributed by atoms with Crippen molar-refractivity contribution in [3.63, 3.8) is 0 Å². The van der Waals surface area contributed by atoms with Gasteiger partial charge in [0.15, 0.2) is 10.5 Å². The lowest BCUT2D eigenvalue weighted by Gasteiger charge is -2.34. The standard InChI is InChI=1S/C15H22N4O2S3/c1-4-5-8-16-13(20)19(21)12-15(2,3)24-14(22)18(12)17-10-11-7-6-9-23-11/h6-7,9-10,12,21H,4-5,8H2,1-3H3,(H,16,20)/b17-10-/t12-/m1/s1. The highest BCUT2D eigenvalue weighted by Crippen LogP contribution is 2.42. The molecule has 0 radical (unpaired) electrons. The maximum Gasteiger partial charge on any atom is 0.343 e. The predicted molar refractivity (Wildman–Crippen MR) is 104 cm³/mol. The molecular weight excluding hydrogens is 364 g/mol. The van der Waals surface area contributed by atoms with E-state index in [0.29, 0.717) is 15.9 Å². The number of amides is 2. The minimum Gasteiger partial charge on any atom is -0.336 e. The van der Waals surface area contributed by atoms with Crippen LogP contribution in [0.4, 0.5) is 4.79 Å². The maximum atomic E-state index is 12.2. The Kier molecular flexibility index (Phi) is 6.62. The van der Waals surface area contributed by atoms with E-state index in [0.717, 1.165) is 17.7 Å². The van der Waals surface area contributed by atoms with Crippen molar-refractivity contribution < 1.29 is 10.0 Å². The van der Waals surface area contributed by atoms with Gasteiger partial charge in [-0.05, 0) is 31.7 Å². The Balaban J connectivity index is 2.15. The molecule has 0 spiro atoms. The van der Waals surface area contributed by atoms with Gasteiger partial charge >= 0.3 is 6.03 Å². The molecule has 0 saturated carbocycles. The number of unbranched alkanes of at least 4 members (excludes halogenated alkanes) is 1. The van der Waals surface area contributed by atoms with Crippen LogP contribution in [0.25, 0.3) is 0 Å². The summed E-state index contributed by atoms with van der Waals surface area (Å²) < 4.78 is 0.0407. The Morgan fingerprint density at radius 1 is 1.62 bits per heavy atom. The molecule has 2 heterocycles. The summed E-state index contributed by atoms with van der Waals surface area (Å²) in [7, 11) is 0. The van der Waals surface area contributed by atoms with Crippen molar-refractivity contribution in [1.29, 1.82) is 0 Å². The summed E-state index contributed by atoms with van der Waals surface area (Å²) in [5.74, 6) is 0. The van der Waals surface area contributed by atoms with Crippen LogP contribution in [0.15, 0.2) is 22.6 Å². The van der Waals surface area contributed by atoms with Gasteiger partial charge in [-0.1, -0.05) is 43.4 Å². The van der Waals surface area contributed by atoms with Gasteiger partial charge in [-0.3, -0.25) is 5.21 Å². The fraction of sp³-hybridized carbons (Fsp3) is 0.533. The Hall–Kier alpha value is -1.16. The van der Waals surface area contributed by atoms with Crippen LogP contribution in [0.2, 0.25) is 0 Å². The van der Waals surface area contributed by atoms with Crippen molar-refractivity contribution in [1.82, 2.24) is 15.4 Å². The van der Waals surface area contributed by atoms with E-state index in [2.05, 4.69) is 10.4 Å². The number of urea groups is 1. The molecule has 1 aliphatic heterocycles. The van der Waals surface area contributed by atoms with Crippen molar-refractivity contribution in [3.8, 4) is 0 Å². The molecule has 0 bridgehead atoms. The molecule has 6 nitrogen and oxygen atoms in total. The van der Waals surface area contributed by atoms with Gasteiger partial charge < -0.3 is 5.32 Å². The molecule has 0 aromatic carbocycles. The molecule has 1 atom stereocenters. The van der Waals surface area contributed by atoms with Gasteiger partial charge in [0.1, 0.15) is 0 Å². The predicted octanol–water partition coefficient (Wildman–Crippen LogP) is 3.72. The lowest BCUT2D eigenvalue weighted by Crippen LogP contribution is -2.55. The third-order valence-corrected chi connectivity index (χ3v) is 5.83. The van der Waals surface area contributed by atoms with E-state index in [1.54, 1.807) is 17.6 Å².